The van der Waals surface area contributed by atoms with E-state index in [4.69, 9.17) is 0 Å². The summed E-state index contributed by atoms with van der Waals surface area (Å²) in [6.07, 6.45) is 13.8. The molecule has 4 saturated carbocycles. The van der Waals surface area contributed by atoms with E-state index in [1.807, 2.05) is 0 Å². The van der Waals surface area contributed by atoms with Gasteiger partial charge in [-0.3, -0.25) is 0 Å². The minimum absolute atomic E-state index is 0.00154. The Morgan fingerprint density at radius 3 is 2.23 bits per heavy atom. The Morgan fingerprint density at radius 1 is 0.867 bits per heavy atom. The predicted octanol–water partition coefficient (Wildman–Crippen LogP) is 6.83. The molecule has 0 saturated heterocycles. The molecule has 30 heavy (non-hydrogen) atoms. The molecule has 0 aliphatic heterocycles. The van der Waals surface area contributed by atoms with Crippen LogP contribution in [0.15, 0.2) is 0 Å². The van der Waals surface area contributed by atoms with Gasteiger partial charge in [-0.1, -0.05) is 41.5 Å². The highest BCUT2D eigenvalue weighted by molar-refractivity contribution is 5.09. The molecule has 0 spiro atoms. The fourth-order valence-electron chi connectivity index (χ4n) is 9.27. The Morgan fingerprint density at radius 2 is 1.53 bits per heavy atom. The number of rotatable bonds is 4. The van der Waals surface area contributed by atoms with Crippen LogP contribution in [0.3, 0.4) is 0 Å². The molecule has 0 radical (unpaired) electrons. The van der Waals surface area contributed by atoms with E-state index in [9.17, 15) is 10.2 Å². The first-order valence-corrected chi connectivity index (χ1v) is 13.3. The highest BCUT2D eigenvalue weighted by Gasteiger charge is 2.60. The third-order valence-corrected chi connectivity index (χ3v) is 11.3. The molecule has 4 fully saturated rings. The van der Waals surface area contributed by atoms with Crippen LogP contribution in [-0.4, -0.2) is 22.4 Å². The van der Waals surface area contributed by atoms with E-state index in [1.165, 1.54) is 51.4 Å². The molecule has 0 aromatic rings. The fraction of sp³-hybridized carbons (Fsp3) is 1.00. The van der Waals surface area contributed by atoms with E-state index in [1.54, 1.807) is 0 Å². The molecule has 1 unspecified atom stereocenters. The van der Waals surface area contributed by atoms with Gasteiger partial charge in [0.1, 0.15) is 0 Å². The summed E-state index contributed by atoms with van der Waals surface area (Å²) in [7, 11) is 0. The van der Waals surface area contributed by atoms with Crippen molar-refractivity contribution in [3.05, 3.63) is 0 Å². The van der Waals surface area contributed by atoms with Crippen LogP contribution in [0, 0.1) is 51.8 Å². The van der Waals surface area contributed by atoms with Crippen molar-refractivity contribution in [1.82, 2.24) is 0 Å². The van der Waals surface area contributed by atoms with E-state index in [-0.39, 0.29) is 17.6 Å². The van der Waals surface area contributed by atoms with Gasteiger partial charge in [-0.05, 0) is 122 Å². The summed E-state index contributed by atoms with van der Waals surface area (Å²) >= 11 is 0. The summed E-state index contributed by atoms with van der Waals surface area (Å²) in [4.78, 5) is 0. The van der Waals surface area contributed by atoms with Gasteiger partial charge in [0.2, 0.25) is 0 Å². The Bertz CT molecular complexity index is 608. The van der Waals surface area contributed by atoms with Gasteiger partial charge in [-0.15, -0.1) is 0 Å². The Labute approximate surface area is 186 Å². The summed E-state index contributed by atoms with van der Waals surface area (Å²) in [5.41, 5.74) is 1.01. The van der Waals surface area contributed by atoms with Crippen LogP contribution in [0.5, 0.6) is 0 Å². The summed E-state index contributed by atoms with van der Waals surface area (Å²) in [6, 6.07) is 0. The summed E-state index contributed by atoms with van der Waals surface area (Å²) in [5, 5.41) is 20.8. The van der Waals surface area contributed by atoms with Gasteiger partial charge in [0, 0.05) is 0 Å². The molecule has 0 heterocycles. The minimum atomic E-state index is -0.183. The first-order chi connectivity index (χ1) is 14.0. The maximum atomic E-state index is 10.6. The molecule has 10 atom stereocenters. The lowest BCUT2D eigenvalue weighted by Crippen LogP contribution is -2.54. The van der Waals surface area contributed by atoms with Crippen molar-refractivity contribution in [3.8, 4) is 0 Å². The monoisotopic (exact) mass is 418 g/mol. The fourth-order valence-corrected chi connectivity index (χ4v) is 9.27. The van der Waals surface area contributed by atoms with Crippen molar-refractivity contribution in [2.75, 3.05) is 0 Å². The van der Waals surface area contributed by atoms with Gasteiger partial charge in [0.05, 0.1) is 12.2 Å². The van der Waals surface area contributed by atoms with Crippen LogP contribution in [0.25, 0.3) is 0 Å². The van der Waals surface area contributed by atoms with Crippen LogP contribution in [0.4, 0.5) is 0 Å². The second-order valence-corrected chi connectivity index (χ2v) is 13.7. The Kier molecular flexibility index (Phi) is 6.20. The van der Waals surface area contributed by atoms with E-state index < -0.39 is 0 Å². The summed E-state index contributed by atoms with van der Waals surface area (Å²) in [5.74, 6) is 5.08. The number of aliphatic hydroxyl groups is 2. The number of hydrogen-bond acceptors (Lipinski definition) is 2. The molecule has 0 aromatic carbocycles. The molecule has 2 nitrogen and oxygen atoms in total. The second kappa shape index (κ2) is 8.05. The molecule has 4 aliphatic carbocycles. The lowest BCUT2D eigenvalue weighted by molar-refractivity contribution is -0.129. The number of fused-ring (bicyclic) bond motifs is 5. The molecule has 2 N–H and O–H groups in total. The maximum absolute atomic E-state index is 10.6. The highest BCUT2D eigenvalue weighted by Crippen LogP contribution is 2.68. The van der Waals surface area contributed by atoms with Crippen LogP contribution in [0.2, 0.25) is 0 Å². The van der Waals surface area contributed by atoms with E-state index in [2.05, 4.69) is 41.5 Å². The quantitative estimate of drug-likeness (QED) is 0.525. The van der Waals surface area contributed by atoms with E-state index >= 15 is 0 Å². The van der Waals surface area contributed by atoms with Crippen molar-refractivity contribution in [1.29, 1.82) is 0 Å². The molecule has 174 valence electrons. The summed E-state index contributed by atoms with van der Waals surface area (Å²) < 4.78 is 0. The van der Waals surface area contributed by atoms with Gasteiger partial charge < -0.3 is 10.2 Å². The first-order valence-electron chi connectivity index (χ1n) is 13.3. The van der Waals surface area contributed by atoms with Crippen molar-refractivity contribution in [2.45, 2.75) is 124 Å². The maximum Gasteiger partial charge on any atom is 0.0588 e. The molecule has 0 bridgehead atoms. The Balaban J connectivity index is 1.45. The number of aliphatic hydroxyl groups excluding tert-OH is 2. The first kappa shape index (κ1) is 23.1. The third kappa shape index (κ3) is 3.81. The Hall–Kier alpha value is -0.0800. The minimum Gasteiger partial charge on any atom is -0.393 e. The second-order valence-electron chi connectivity index (χ2n) is 13.7. The molecular formula is C28H50O2. The lowest BCUT2D eigenvalue weighted by Gasteiger charge is -2.61. The molecule has 4 rings (SSSR count). The van der Waals surface area contributed by atoms with E-state index in [0.29, 0.717) is 10.8 Å². The topological polar surface area (TPSA) is 40.5 Å². The van der Waals surface area contributed by atoms with Crippen LogP contribution in [-0.2, 0) is 0 Å². The van der Waals surface area contributed by atoms with E-state index in [0.717, 1.165) is 54.8 Å². The zero-order chi connectivity index (χ0) is 21.9. The molecular weight excluding hydrogens is 368 g/mol. The van der Waals surface area contributed by atoms with Crippen molar-refractivity contribution < 1.29 is 10.2 Å². The normalized spacial score (nSPS) is 48.4. The summed E-state index contributed by atoms with van der Waals surface area (Å²) in [6.45, 7) is 14.2. The zero-order valence-electron chi connectivity index (χ0n) is 20.8. The molecule has 2 heteroatoms. The van der Waals surface area contributed by atoms with Gasteiger partial charge in [0.15, 0.2) is 0 Å². The van der Waals surface area contributed by atoms with Gasteiger partial charge in [-0.2, -0.15) is 0 Å². The standard InChI is InChI=1S/C28H50O2/c1-18(7-12-25(30)26(2,3)4)22-10-11-23-21-9-8-19-17-20(29)13-15-27(19,5)24(21)14-16-28(22,23)6/h18-25,29-30H,7-17H2,1-6H3/t18-,19?,20+,21+,22-,23+,24+,25+,27+,28-/m1/s1. The van der Waals surface area contributed by atoms with Crippen LogP contribution < -0.4 is 0 Å². The smallest absolute Gasteiger partial charge is 0.0588 e. The molecule has 0 amide bonds. The third-order valence-electron chi connectivity index (χ3n) is 11.3. The zero-order valence-corrected chi connectivity index (χ0v) is 20.8. The average molecular weight is 419 g/mol. The number of hydrogen-bond donors (Lipinski definition) is 2. The highest BCUT2D eigenvalue weighted by atomic mass is 16.3. The lowest BCUT2D eigenvalue weighted by atomic mass is 9.44. The predicted molar refractivity (Wildman–Crippen MR) is 125 cm³/mol. The van der Waals surface area contributed by atoms with Gasteiger partial charge >= 0.3 is 0 Å². The van der Waals surface area contributed by atoms with Crippen LogP contribution >= 0.6 is 0 Å². The molecule has 4 aliphatic rings. The van der Waals surface area contributed by atoms with Gasteiger partial charge in [0.25, 0.3) is 0 Å². The van der Waals surface area contributed by atoms with Crippen molar-refractivity contribution in [3.63, 3.8) is 0 Å². The van der Waals surface area contributed by atoms with Crippen molar-refractivity contribution in [2.24, 2.45) is 51.8 Å². The van der Waals surface area contributed by atoms with Crippen LogP contribution in [0.1, 0.15) is 112 Å². The largest absolute Gasteiger partial charge is 0.393 e. The average Bonchev–Trinajstić information content (AvgIpc) is 3.03. The SMILES string of the molecule is C[C@H](CC[C@H](O)C(C)(C)C)[C@H]1CC[C@H]2[C@@H]3CCC4C[C@@H](O)CC[C@]4(C)[C@H]3CC[C@]12C. The van der Waals surface area contributed by atoms with Gasteiger partial charge in [-0.25, -0.2) is 0 Å². The molecule has 0 aromatic heterocycles. The van der Waals surface area contributed by atoms with Crippen molar-refractivity contribution >= 4 is 0 Å².